The van der Waals surface area contributed by atoms with Crippen molar-refractivity contribution < 1.29 is 8.78 Å². The van der Waals surface area contributed by atoms with Gasteiger partial charge in [0.05, 0.1) is 6.04 Å². The van der Waals surface area contributed by atoms with Crippen LogP contribution in [0.3, 0.4) is 0 Å². The first-order valence-corrected chi connectivity index (χ1v) is 7.39. The SMILES string of the molecule is Cc1cc(NC(CN)c2cc(F)cc(F)c2)cc(C)c1Br. The fourth-order valence-electron chi connectivity index (χ4n) is 2.29. The lowest BCUT2D eigenvalue weighted by Gasteiger charge is -2.20. The zero-order chi connectivity index (χ0) is 15.6. The monoisotopic (exact) mass is 354 g/mol. The third-order valence-corrected chi connectivity index (χ3v) is 4.55. The molecule has 0 saturated heterocycles. The summed E-state index contributed by atoms with van der Waals surface area (Å²) in [7, 11) is 0. The minimum atomic E-state index is -0.603. The molecule has 0 radical (unpaired) electrons. The fraction of sp³-hybridized carbons (Fsp3) is 0.250. The predicted molar refractivity (Wildman–Crippen MR) is 85.4 cm³/mol. The molecule has 0 spiro atoms. The molecule has 3 N–H and O–H groups in total. The van der Waals surface area contributed by atoms with Gasteiger partial charge in [0.15, 0.2) is 0 Å². The maximum atomic E-state index is 13.3. The van der Waals surface area contributed by atoms with E-state index in [1.165, 1.54) is 12.1 Å². The molecule has 1 atom stereocenters. The molecule has 0 aromatic heterocycles. The maximum Gasteiger partial charge on any atom is 0.126 e. The van der Waals surface area contributed by atoms with Gasteiger partial charge in [-0.25, -0.2) is 8.78 Å². The summed E-state index contributed by atoms with van der Waals surface area (Å²) in [6, 6.07) is 7.03. The van der Waals surface area contributed by atoms with Crippen LogP contribution in [-0.2, 0) is 0 Å². The van der Waals surface area contributed by atoms with Crippen LogP contribution in [0.5, 0.6) is 0 Å². The van der Waals surface area contributed by atoms with E-state index in [0.717, 1.165) is 27.4 Å². The van der Waals surface area contributed by atoms with E-state index in [1.807, 2.05) is 26.0 Å². The van der Waals surface area contributed by atoms with E-state index >= 15 is 0 Å². The number of halogens is 3. The van der Waals surface area contributed by atoms with Gasteiger partial charge in [0, 0.05) is 22.8 Å². The second-order valence-corrected chi connectivity index (χ2v) is 5.85. The van der Waals surface area contributed by atoms with Crippen LogP contribution in [0.4, 0.5) is 14.5 Å². The van der Waals surface area contributed by atoms with Crippen LogP contribution in [0.2, 0.25) is 0 Å². The molecule has 0 bridgehead atoms. The van der Waals surface area contributed by atoms with Crippen LogP contribution in [0.1, 0.15) is 22.7 Å². The summed E-state index contributed by atoms with van der Waals surface area (Å²) < 4.78 is 27.7. The first kappa shape index (κ1) is 15.9. The Hall–Kier alpha value is -1.46. The molecule has 0 heterocycles. The van der Waals surface area contributed by atoms with Crippen molar-refractivity contribution in [3.8, 4) is 0 Å². The summed E-state index contributed by atoms with van der Waals surface area (Å²) in [5.41, 5.74) is 9.27. The molecule has 21 heavy (non-hydrogen) atoms. The van der Waals surface area contributed by atoms with Crippen molar-refractivity contribution in [1.82, 2.24) is 0 Å². The molecule has 2 aromatic carbocycles. The van der Waals surface area contributed by atoms with Crippen LogP contribution in [0.25, 0.3) is 0 Å². The normalized spacial score (nSPS) is 12.3. The minimum absolute atomic E-state index is 0.233. The van der Waals surface area contributed by atoms with E-state index in [-0.39, 0.29) is 12.6 Å². The molecule has 2 nitrogen and oxygen atoms in total. The second kappa shape index (κ2) is 6.54. The highest BCUT2D eigenvalue weighted by molar-refractivity contribution is 9.10. The van der Waals surface area contributed by atoms with Gasteiger partial charge in [-0.05, 0) is 54.8 Å². The van der Waals surface area contributed by atoms with Gasteiger partial charge in [0.25, 0.3) is 0 Å². The summed E-state index contributed by atoms with van der Waals surface area (Å²) in [4.78, 5) is 0. The third kappa shape index (κ3) is 3.80. The van der Waals surface area contributed by atoms with Gasteiger partial charge >= 0.3 is 0 Å². The second-order valence-electron chi connectivity index (χ2n) is 5.06. The molecule has 0 fully saturated rings. The first-order chi connectivity index (χ1) is 9.90. The van der Waals surface area contributed by atoms with E-state index < -0.39 is 11.6 Å². The number of benzene rings is 2. The quantitative estimate of drug-likeness (QED) is 0.850. The van der Waals surface area contributed by atoms with E-state index in [9.17, 15) is 8.78 Å². The van der Waals surface area contributed by atoms with Crippen LogP contribution >= 0.6 is 15.9 Å². The van der Waals surface area contributed by atoms with E-state index in [4.69, 9.17) is 5.73 Å². The van der Waals surface area contributed by atoms with E-state index in [1.54, 1.807) is 0 Å². The van der Waals surface area contributed by atoms with Crippen LogP contribution < -0.4 is 11.1 Å². The lowest BCUT2D eigenvalue weighted by molar-refractivity contribution is 0.576. The molecule has 2 aromatic rings. The summed E-state index contributed by atoms with van der Waals surface area (Å²) in [6.07, 6.45) is 0. The Labute approximate surface area is 131 Å². The number of hydrogen-bond donors (Lipinski definition) is 2. The van der Waals surface area contributed by atoms with Crippen LogP contribution in [0, 0.1) is 25.5 Å². The number of aryl methyl sites for hydroxylation is 2. The molecule has 0 aliphatic rings. The number of hydrogen-bond acceptors (Lipinski definition) is 2. The number of anilines is 1. The molecule has 112 valence electrons. The molecule has 2 rings (SSSR count). The van der Waals surface area contributed by atoms with Gasteiger partial charge in [0.1, 0.15) is 11.6 Å². The standard InChI is InChI=1S/C16H17BrF2N2/c1-9-3-14(4-10(2)16(9)17)21-15(8-20)11-5-12(18)7-13(19)6-11/h3-7,15,21H,8,20H2,1-2H3. The topological polar surface area (TPSA) is 38.0 Å². The molecule has 0 amide bonds. The van der Waals surface area contributed by atoms with Crippen molar-refractivity contribution in [1.29, 1.82) is 0 Å². The lowest BCUT2D eigenvalue weighted by Crippen LogP contribution is -2.21. The first-order valence-electron chi connectivity index (χ1n) is 6.60. The van der Waals surface area contributed by atoms with Crippen molar-refractivity contribution in [3.05, 3.63) is 63.1 Å². The summed E-state index contributed by atoms with van der Waals surface area (Å²) >= 11 is 3.51. The highest BCUT2D eigenvalue weighted by Gasteiger charge is 2.13. The van der Waals surface area contributed by atoms with Crippen LogP contribution in [0.15, 0.2) is 34.8 Å². The Bertz CT molecular complexity index is 615. The summed E-state index contributed by atoms with van der Waals surface area (Å²) in [5, 5.41) is 3.23. The Morgan fingerprint density at radius 1 is 1.05 bits per heavy atom. The average molecular weight is 355 g/mol. The molecular weight excluding hydrogens is 338 g/mol. The van der Waals surface area contributed by atoms with Gasteiger partial charge in [-0.15, -0.1) is 0 Å². The molecular formula is C16H17BrF2N2. The summed E-state index contributed by atoms with van der Waals surface area (Å²) in [6.45, 7) is 4.21. The van der Waals surface area contributed by atoms with Gasteiger partial charge in [0.2, 0.25) is 0 Å². The molecule has 0 aliphatic carbocycles. The Balaban J connectivity index is 2.31. The van der Waals surface area contributed by atoms with Crippen molar-refractivity contribution >= 4 is 21.6 Å². The smallest absolute Gasteiger partial charge is 0.126 e. The Morgan fingerprint density at radius 3 is 2.05 bits per heavy atom. The van der Waals surface area contributed by atoms with Crippen LogP contribution in [-0.4, -0.2) is 6.54 Å². The fourth-order valence-corrected chi connectivity index (χ4v) is 2.51. The lowest BCUT2D eigenvalue weighted by atomic mass is 10.0. The molecule has 0 aliphatic heterocycles. The Morgan fingerprint density at radius 2 is 1.57 bits per heavy atom. The zero-order valence-corrected chi connectivity index (χ0v) is 13.5. The zero-order valence-electron chi connectivity index (χ0n) is 11.9. The third-order valence-electron chi connectivity index (χ3n) is 3.30. The van der Waals surface area contributed by atoms with Gasteiger partial charge < -0.3 is 11.1 Å². The van der Waals surface area contributed by atoms with Gasteiger partial charge in [-0.1, -0.05) is 15.9 Å². The summed E-state index contributed by atoms with van der Waals surface area (Å²) in [5.74, 6) is -1.21. The van der Waals surface area contributed by atoms with Crippen molar-refractivity contribution in [2.75, 3.05) is 11.9 Å². The van der Waals surface area contributed by atoms with Gasteiger partial charge in [-0.3, -0.25) is 0 Å². The van der Waals surface area contributed by atoms with Crippen molar-refractivity contribution in [2.24, 2.45) is 5.73 Å². The van der Waals surface area contributed by atoms with E-state index in [0.29, 0.717) is 5.56 Å². The predicted octanol–water partition coefficient (Wildman–Crippen LogP) is 4.46. The number of nitrogens with one attached hydrogen (secondary N) is 1. The highest BCUT2D eigenvalue weighted by Crippen LogP contribution is 2.27. The maximum absolute atomic E-state index is 13.3. The van der Waals surface area contributed by atoms with E-state index in [2.05, 4.69) is 21.2 Å². The average Bonchev–Trinajstić information content (AvgIpc) is 2.40. The molecule has 1 unspecified atom stereocenters. The van der Waals surface area contributed by atoms with Crippen molar-refractivity contribution in [3.63, 3.8) is 0 Å². The highest BCUT2D eigenvalue weighted by atomic mass is 79.9. The largest absolute Gasteiger partial charge is 0.377 e. The number of nitrogens with two attached hydrogens (primary N) is 1. The van der Waals surface area contributed by atoms with Crippen molar-refractivity contribution in [2.45, 2.75) is 19.9 Å². The van der Waals surface area contributed by atoms with Gasteiger partial charge in [-0.2, -0.15) is 0 Å². The minimum Gasteiger partial charge on any atom is -0.377 e. The number of rotatable bonds is 4. The molecule has 5 heteroatoms. The molecule has 0 saturated carbocycles. The Kier molecular flexibility index (Phi) is 4.96.